The minimum Gasteiger partial charge on any atom is -0.471 e. The van der Waals surface area contributed by atoms with Crippen LogP contribution < -0.4 is 0 Å². The number of aliphatic imine (C=N–C) groups is 1. The van der Waals surface area contributed by atoms with Crippen LogP contribution in [0.25, 0.3) is 0 Å². The van der Waals surface area contributed by atoms with E-state index in [4.69, 9.17) is 4.74 Å². The van der Waals surface area contributed by atoms with Crippen molar-refractivity contribution >= 4 is 6.40 Å². The quantitative estimate of drug-likeness (QED) is 0.374. The standard InChI is InChI=1S/C5H10NO/c1-5(2)7-4-6-3/h5H,1-3H3. The van der Waals surface area contributed by atoms with Crippen molar-refractivity contribution in [2.24, 2.45) is 4.99 Å². The van der Waals surface area contributed by atoms with Gasteiger partial charge < -0.3 is 4.74 Å². The lowest BCUT2D eigenvalue weighted by molar-refractivity contribution is 0.241. The predicted molar refractivity (Wildman–Crippen MR) is 29.6 cm³/mol. The Balaban J connectivity index is 2.97. The van der Waals surface area contributed by atoms with E-state index < -0.39 is 0 Å². The normalized spacial score (nSPS) is 10.9. The molecule has 0 saturated heterocycles. The highest BCUT2D eigenvalue weighted by molar-refractivity contribution is 5.45. The van der Waals surface area contributed by atoms with E-state index in [2.05, 4.69) is 11.4 Å². The average Bonchev–Trinajstić information content (AvgIpc) is 1.61. The second-order valence-corrected chi connectivity index (χ2v) is 1.48. The maximum atomic E-state index is 4.77. The molecule has 2 nitrogen and oxygen atoms in total. The van der Waals surface area contributed by atoms with Crippen LogP contribution in [0.2, 0.25) is 0 Å². The highest BCUT2D eigenvalue weighted by atomic mass is 16.5. The minimum absolute atomic E-state index is 0.198. The van der Waals surface area contributed by atoms with Gasteiger partial charge in [0, 0.05) is 7.05 Å². The molecule has 0 fully saturated rings. The smallest absolute Gasteiger partial charge is 0.272 e. The third-order valence-electron chi connectivity index (χ3n) is 0.380. The largest absolute Gasteiger partial charge is 0.471 e. The van der Waals surface area contributed by atoms with Crippen LogP contribution in [0.4, 0.5) is 0 Å². The Kier molecular flexibility index (Phi) is 3.38. The van der Waals surface area contributed by atoms with E-state index in [-0.39, 0.29) is 6.10 Å². The van der Waals surface area contributed by atoms with Crippen LogP contribution in [0.5, 0.6) is 0 Å². The van der Waals surface area contributed by atoms with Crippen LogP contribution >= 0.6 is 0 Å². The molecule has 0 aromatic heterocycles. The zero-order valence-electron chi connectivity index (χ0n) is 4.93. The maximum absolute atomic E-state index is 4.77. The fourth-order valence-electron chi connectivity index (χ4n) is 0.158. The summed E-state index contributed by atoms with van der Waals surface area (Å²) < 4.78 is 4.77. The Bertz CT molecular complexity index is 59.1. The third-order valence-corrected chi connectivity index (χ3v) is 0.380. The van der Waals surface area contributed by atoms with Crippen molar-refractivity contribution in [3.63, 3.8) is 0 Å². The van der Waals surface area contributed by atoms with Gasteiger partial charge in [0.05, 0.1) is 6.10 Å². The molecule has 1 radical (unpaired) electrons. The Morgan fingerprint density at radius 1 is 1.57 bits per heavy atom. The topological polar surface area (TPSA) is 21.6 Å². The molecule has 0 aliphatic carbocycles. The van der Waals surface area contributed by atoms with Crippen LogP contribution in [0.3, 0.4) is 0 Å². The summed E-state index contributed by atoms with van der Waals surface area (Å²) in [6.07, 6.45) is 2.57. The number of ether oxygens (including phenoxy) is 1. The van der Waals surface area contributed by atoms with Gasteiger partial charge >= 0.3 is 0 Å². The van der Waals surface area contributed by atoms with Gasteiger partial charge in [0.2, 0.25) is 0 Å². The summed E-state index contributed by atoms with van der Waals surface area (Å²) in [5.41, 5.74) is 0. The first kappa shape index (κ1) is 6.47. The van der Waals surface area contributed by atoms with E-state index >= 15 is 0 Å². The molecular formula is C5H10NO. The van der Waals surface area contributed by atoms with Crippen molar-refractivity contribution in [2.75, 3.05) is 7.05 Å². The summed E-state index contributed by atoms with van der Waals surface area (Å²) in [6, 6.07) is 0. The molecule has 0 aliphatic heterocycles. The van der Waals surface area contributed by atoms with Gasteiger partial charge in [-0.2, -0.15) is 0 Å². The molecule has 41 valence electrons. The number of rotatable bonds is 2. The van der Waals surface area contributed by atoms with E-state index in [9.17, 15) is 0 Å². The first-order valence-electron chi connectivity index (χ1n) is 2.27. The summed E-state index contributed by atoms with van der Waals surface area (Å²) in [4.78, 5) is 3.50. The summed E-state index contributed by atoms with van der Waals surface area (Å²) in [6.45, 7) is 3.86. The lowest BCUT2D eigenvalue weighted by Gasteiger charge is -1.97. The van der Waals surface area contributed by atoms with E-state index in [0.717, 1.165) is 0 Å². The van der Waals surface area contributed by atoms with Crippen LogP contribution in [-0.2, 0) is 4.74 Å². The summed E-state index contributed by atoms with van der Waals surface area (Å²) in [7, 11) is 1.63. The fourth-order valence-corrected chi connectivity index (χ4v) is 0.158. The molecule has 0 heterocycles. The van der Waals surface area contributed by atoms with Crippen molar-refractivity contribution in [2.45, 2.75) is 20.0 Å². The van der Waals surface area contributed by atoms with Gasteiger partial charge in [0.25, 0.3) is 6.40 Å². The average molecular weight is 100 g/mol. The second kappa shape index (κ2) is 3.65. The molecule has 0 spiro atoms. The maximum Gasteiger partial charge on any atom is 0.272 e. The Morgan fingerprint density at radius 3 is 2.29 bits per heavy atom. The molecule has 0 aliphatic rings. The van der Waals surface area contributed by atoms with Gasteiger partial charge in [-0.1, -0.05) is 0 Å². The van der Waals surface area contributed by atoms with E-state index in [1.54, 1.807) is 7.05 Å². The number of hydrogen-bond acceptors (Lipinski definition) is 2. The van der Waals surface area contributed by atoms with Crippen molar-refractivity contribution in [1.82, 2.24) is 0 Å². The minimum atomic E-state index is 0.198. The second-order valence-electron chi connectivity index (χ2n) is 1.48. The van der Waals surface area contributed by atoms with E-state index in [1.165, 1.54) is 0 Å². The molecular weight excluding hydrogens is 90.1 g/mol. The molecule has 0 aromatic carbocycles. The highest BCUT2D eigenvalue weighted by Crippen LogP contribution is 1.80. The van der Waals surface area contributed by atoms with Crippen molar-refractivity contribution < 1.29 is 4.74 Å². The van der Waals surface area contributed by atoms with E-state index in [1.807, 2.05) is 13.8 Å². The number of hydrogen-bond donors (Lipinski definition) is 0. The molecule has 0 amide bonds. The molecule has 0 atom stereocenters. The molecule has 2 heteroatoms. The third kappa shape index (κ3) is 5.47. The molecule has 0 aromatic rings. The SMILES string of the molecule is C/N=[C]/OC(C)C. The monoisotopic (exact) mass is 100 g/mol. The van der Waals surface area contributed by atoms with Crippen molar-refractivity contribution in [3.05, 3.63) is 0 Å². The van der Waals surface area contributed by atoms with Crippen LogP contribution in [0, 0.1) is 0 Å². The zero-order valence-corrected chi connectivity index (χ0v) is 4.93. The summed E-state index contributed by atoms with van der Waals surface area (Å²) in [5.74, 6) is 0. The van der Waals surface area contributed by atoms with E-state index in [0.29, 0.717) is 0 Å². The molecule has 0 saturated carbocycles. The van der Waals surface area contributed by atoms with Gasteiger partial charge in [0.1, 0.15) is 0 Å². The molecule has 0 N–H and O–H groups in total. The zero-order chi connectivity index (χ0) is 5.70. The summed E-state index contributed by atoms with van der Waals surface area (Å²) >= 11 is 0. The highest BCUT2D eigenvalue weighted by Gasteiger charge is 1.84. The van der Waals surface area contributed by atoms with Gasteiger partial charge in [-0.05, 0) is 13.8 Å². The first-order valence-corrected chi connectivity index (χ1v) is 2.27. The van der Waals surface area contributed by atoms with Gasteiger partial charge in [-0.25, -0.2) is 0 Å². The Hall–Kier alpha value is -0.530. The van der Waals surface area contributed by atoms with Crippen molar-refractivity contribution in [3.8, 4) is 0 Å². The van der Waals surface area contributed by atoms with Gasteiger partial charge in [-0.15, -0.1) is 0 Å². The number of nitrogens with zero attached hydrogens (tertiary/aromatic N) is 1. The van der Waals surface area contributed by atoms with Crippen LogP contribution in [0.15, 0.2) is 4.99 Å². The first-order chi connectivity index (χ1) is 3.27. The van der Waals surface area contributed by atoms with Crippen LogP contribution in [-0.4, -0.2) is 19.6 Å². The molecule has 0 bridgehead atoms. The van der Waals surface area contributed by atoms with Gasteiger partial charge in [-0.3, -0.25) is 4.99 Å². The van der Waals surface area contributed by atoms with Gasteiger partial charge in [0.15, 0.2) is 0 Å². The fraction of sp³-hybridized carbons (Fsp3) is 0.800. The molecule has 7 heavy (non-hydrogen) atoms. The Labute approximate surface area is 44.2 Å². The summed E-state index contributed by atoms with van der Waals surface area (Å²) in [5, 5.41) is 0. The van der Waals surface area contributed by atoms with Crippen LogP contribution in [0.1, 0.15) is 13.8 Å². The molecule has 0 unspecified atom stereocenters. The Morgan fingerprint density at radius 2 is 2.14 bits per heavy atom. The molecule has 0 rings (SSSR count). The lowest BCUT2D eigenvalue weighted by atomic mass is 10.5. The lowest BCUT2D eigenvalue weighted by Crippen LogP contribution is -1.98. The van der Waals surface area contributed by atoms with Crippen molar-refractivity contribution in [1.29, 1.82) is 0 Å². The predicted octanol–water partition coefficient (Wildman–Crippen LogP) is 0.947.